The van der Waals surface area contributed by atoms with Gasteiger partial charge in [0.05, 0.1) is 6.61 Å². The van der Waals surface area contributed by atoms with Gasteiger partial charge in [-0.2, -0.15) is 0 Å². The fraction of sp³-hybridized carbons (Fsp3) is 0.375. The summed E-state index contributed by atoms with van der Waals surface area (Å²) >= 11 is 1.78. The minimum Gasteiger partial charge on any atom is -0.494 e. The van der Waals surface area contributed by atoms with Crippen LogP contribution in [0, 0.1) is 0 Å². The Bertz CT molecular complexity index is 481. The highest BCUT2D eigenvalue weighted by Gasteiger charge is 2.12. The molecule has 0 bridgehead atoms. The summed E-state index contributed by atoms with van der Waals surface area (Å²) in [5.41, 5.74) is 7.19. The molecular formula is C16H21NOS. The Kier molecular flexibility index (Phi) is 5.43. The Morgan fingerprint density at radius 3 is 2.84 bits per heavy atom. The standard InChI is InChI=1S/C16H21NOS/c1-2-8-18-15-6-3-5-13(11-15)10-14(12-17)16-7-4-9-19-16/h3-7,9,11,14H,2,8,10,12,17H2,1H3. The number of benzene rings is 1. The van der Waals surface area contributed by atoms with Gasteiger partial charge in [0.15, 0.2) is 0 Å². The topological polar surface area (TPSA) is 35.2 Å². The minimum absolute atomic E-state index is 0.404. The lowest BCUT2D eigenvalue weighted by atomic mass is 9.98. The molecule has 0 radical (unpaired) electrons. The summed E-state index contributed by atoms with van der Waals surface area (Å²) in [5.74, 6) is 1.36. The predicted octanol–water partition coefficient (Wildman–Crippen LogP) is 3.82. The molecule has 1 unspecified atom stereocenters. The summed E-state index contributed by atoms with van der Waals surface area (Å²) in [4.78, 5) is 1.36. The zero-order chi connectivity index (χ0) is 13.5. The maximum atomic E-state index is 5.91. The van der Waals surface area contributed by atoms with Crippen molar-refractivity contribution >= 4 is 11.3 Å². The van der Waals surface area contributed by atoms with Crippen LogP contribution in [0.1, 0.15) is 29.7 Å². The fourth-order valence-corrected chi connectivity index (χ4v) is 2.93. The van der Waals surface area contributed by atoms with Crippen molar-refractivity contribution in [2.45, 2.75) is 25.7 Å². The molecule has 0 aliphatic heterocycles. The fourth-order valence-electron chi connectivity index (χ4n) is 2.09. The third-order valence-electron chi connectivity index (χ3n) is 3.08. The molecule has 19 heavy (non-hydrogen) atoms. The van der Waals surface area contributed by atoms with E-state index in [0.717, 1.165) is 25.2 Å². The van der Waals surface area contributed by atoms with Gasteiger partial charge in [-0.05, 0) is 42.0 Å². The highest BCUT2D eigenvalue weighted by Crippen LogP contribution is 2.25. The average Bonchev–Trinajstić information content (AvgIpc) is 2.97. The molecule has 2 nitrogen and oxygen atoms in total. The first kappa shape index (κ1) is 14.1. The van der Waals surface area contributed by atoms with Crippen molar-refractivity contribution < 1.29 is 4.74 Å². The van der Waals surface area contributed by atoms with Crippen molar-refractivity contribution in [1.82, 2.24) is 0 Å². The largest absolute Gasteiger partial charge is 0.494 e. The first-order valence-corrected chi connectivity index (χ1v) is 7.66. The van der Waals surface area contributed by atoms with E-state index in [1.807, 2.05) is 6.07 Å². The van der Waals surface area contributed by atoms with Gasteiger partial charge >= 0.3 is 0 Å². The zero-order valence-electron chi connectivity index (χ0n) is 11.3. The number of rotatable bonds is 7. The van der Waals surface area contributed by atoms with E-state index in [9.17, 15) is 0 Å². The number of hydrogen-bond acceptors (Lipinski definition) is 3. The van der Waals surface area contributed by atoms with E-state index in [4.69, 9.17) is 10.5 Å². The summed E-state index contributed by atoms with van der Waals surface area (Å²) in [6, 6.07) is 12.6. The van der Waals surface area contributed by atoms with E-state index in [0.29, 0.717) is 12.5 Å². The lowest BCUT2D eigenvalue weighted by molar-refractivity contribution is 0.317. The molecule has 2 rings (SSSR count). The van der Waals surface area contributed by atoms with E-state index in [1.165, 1.54) is 10.4 Å². The smallest absolute Gasteiger partial charge is 0.119 e. The SMILES string of the molecule is CCCOc1cccc(CC(CN)c2cccs2)c1. The van der Waals surface area contributed by atoms with Crippen LogP contribution in [0.25, 0.3) is 0 Å². The Labute approximate surface area is 119 Å². The van der Waals surface area contributed by atoms with E-state index in [1.54, 1.807) is 11.3 Å². The molecule has 1 aromatic heterocycles. The van der Waals surface area contributed by atoms with Gasteiger partial charge in [-0.25, -0.2) is 0 Å². The van der Waals surface area contributed by atoms with Crippen molar-refractivity contribution in [2.75, 3.05) is 13.2 Å². The third-order valence-corrected chi connectivity index (χ3v) is 4.12. The number of thiophene rings is 1. The van der Waals surface area contributed by atoms with Crippen molar-refractivity contribution in [2.24, 2.45) is 5.73 Å². The summed E-state index contributed by atoms with van der Waals surface area (Å²) in [5, 5.41) is 2.11. The summed E-state index contributed by atoms with van der Waals surface area (Å²) < 4.78 is 5.67. The number of nitrogens with two attached hydrogens (primary N) is 1. The normalized spacial score (nSPS) is 12.3. The summed E-state index contributed by atoms with van der Waals surface area (Å²) in [7, 11) is 0. The van der Waals surface area contributed by atoms with Gasteiger partial charge in [0.1, 0.15) is 5.75 Å². The highest BCUT2D eigenvalue weighted by atomic mass is 32.1. The second kappa shape index (κ2) is 7.31. The third kappa shape index (κ3) is 4.08. The van der Waals surface area contributed by atoms with E-state index >= 15 is 0 Å². The van der Waals surface area contributed by atoms with Crippen LogP contribution in [-0.2, 0) is 6.42 Å². The van der Waals surface area contributed by atoms with Crippen molar-refractivity contribution in [3.63, 3.8) is 0 Å². The van der Waals surface area contributed by atoms with Crippen LogP contribution in [0.4, 0.5) is 0 Å². The van der Waals surface area contributed by atoms with Crippen molar-refractivity contribution in [1.29, 1.82) is 0 Å². The lowest BCUT2D eigenvalue weighted by Crippen LogP contribution is -2.13. The van der Waals surface area contributed by atoms with Gasteiger partial charge in [-0.15, -0.1) is 11.3 Å². The Balaban J connectivity index is 2.05. The molecule has 1 atom stereocenters. The molecule has 0 saturated heterocycles. The van der Waals surface area contributed by atoms with Crippen LogP contribution in [0.3, 0.4) is 0 Å². The van der Waals surface area contributed by atoms with Gasteiger partial charge in [-0.1, -0.05) is 25.1 Å². The van der Waals surface area contributed by atoms with Gasteiger partial charge in [0.2, 0.25) is 0 Å². The molecule has 0 aliphatic carbocycles. The Morgan fingerprint density at radius 2 is 2.16 bits per heavy atom. The molecule has 102 valence electrons. The minimum atomic E-state index is 0.404. The van der Waals surface area contributed by atoms with Crippen molar-refractivity contribution in [3.05, 3.63) is 52.2 Å². The highest BCUT2D eigenvalue weighted by molar-refractivity contribution is 7.10. The zero-order valence-corrected chi connectivity index (χ0v) is 12.2. The molecule has 2 N–H and O–H groups in total. The lowest BCUT2D eigenvalue weighted by Gasteiger charge is -2.14. The second-order valence-corrected chi connectivity index (χ2v) is 5.63. The summed E-state index contributed by atoms with van der Waals surface area (Å²) in [6.07, 6.45) is 2.01. The first-order chi connectivity index (χ1) is 9.33. The maximum Gasteiger partial charge on any atom is 0.119 e. The molecule has 0 amide bonds. The van der Waals surface area contributed by atoms with Crippen LogP contribution in [0.2, 0.25) is 0 Å². The molecule has 1 aromatic carbocycles. The first-order valence-electron chi connectivity index (χ1n) is 6.78. The van der Waals surface area contributed by atoms with Crippen LogP contribution < -0.4 is 10.5 Å². The van der Waals surface area contributed by atoms with Crippen molar-refractivity contribution in [3.8, 4) is 5.75 Å². The predicted molar refractivity (Wildman–Crippen MR) is 82.0 cm³/mol. The molecule has 3 heteroatoms. The van der Waals surface area contributed by atoms with Gasteiger partial charge < -0.3 is 10.5 Å². The monoisotopic (exact) mass is 275 g/mol. The Morgan fingerprint density at radius 1 is 1.26 bits per heavy atom. The summed E-state index contributed by atoms with van der Waals surface area (Å²) in [6.45, 7) is 3.57. The van der Waals surface area contributed by atoms with Crippen LogP contribution in [0.15, 0.2) is 41.8 Å². The van der Waals surface area contributed by atoms with Crippen LogP contribution in [0.5, 0.6) is 5.75 Å². The van der Waals surface area contributed by atoms with Gasteiger partial charge in [0, 0.05) is 17.3 Å². The molecule has 0 aliphatic rings. The van der Waals surface area contributed by atoms with Crippen LogP contribution in [-0.4, -0.2) is 13.2 Å². The molecule has 0 spiro atoms. The molecule has 1 heterocycles. The average molecular weight is 275 g/mol. The van der Waals surface area contributed by atoms with Gasteiger partial charge in [0.25, 0.3) is 0 Å². The molecular weight excluding hydrogens is 254 g/mol. The quantitative estimate of drug-likeness (QED) is 0.833. The van der Waals surface area contributed by atoms with Crippen LogP contribution >= 0.6 is 11.3 Å². The molecule has 0 fully saturated rings. The number of ether oxygens (including phenoxy) is 1. The van der Waals surface area contributed by atoms with E-state index in [-0.39, 0.29) is 0 Å². The van der Waals surface area contributed by atoms with E-state index < -0.39 is 0 Å². The second-order valence-electron chi connectivity index (χ2n) is 4.65. The Hall–Kier alpha value is -1.32. The van der Waals surface area contributed by atoms with E-state index in [2.05, 4.69) is 42.6 Å². The van der Waals surface area contributed by atoms with Gasteiger partial charge in [-0.3, -0.25) is 0 Å². The number of hydrogen-bond donors (Lipinski definition) is 1. The maximum absolute atomic E-state index is 5.91. The molecule has 0 saturated carbocycles. The molecule has 2 aromatic rings.